The van der Waals surface area contributed by atoms with Crippen LogP contribution in [-0.4, -0.2) is 23.2 Å². The van der Waals surface area contributed by atoms with Crippen LogP contribution in [0.15, 0.2) is 59.0 Å². The Bertz CT molecular complexity index is 921. The van der Waals surface area contributed by atoms with E-state index in [0.717, 1.165) is 5.56 Å². The minimum absolute atomic E-state index is 0.00489. The van der Waals surface area contributed by atoms with Gasteiger partial charge in [0.1, 0.15) is 5.75 Å². The summed E-state index contributed by atoms with van der Waals surface area (Å²) in [6.45, 7) is 0. The largest absolute Gasteiger partial charge is 0.496 e. The first-order valence-corrected chi connectivity index (χ1v) is 7.75. The number of ether oxygens (including phenoxy) is 1. The number of carbonyl (C=O) groups is 1. The van der Waals surface area contributed by atoms with Crippen molar-refractivity contribution in [2.24, 2.45) is 0 Å². The third-order valence-electron chi connectivity index (χ3n) is 3.31. The lowest BCUT2D eigenvalue weighted by atomic mass is 10.2. The van der Waals surface area contributed by atoms with E-state index in [1.54, 1.807) is 37.5 Å². The number of aromatic nitrogens is 2. The summed E-state index contributed by atoms with van der Waals surface area (Å²) in [4.78, 5) is 12.0. The van der Waals surface area contributed by atoms with Gasteiger partial charge in [0.25, 0.3) is 11.8 Å². The highest BCUT2D eigenvalue weighted by Gasteiger charge is 2.13. The predicted octanol–water partition coefficient (Wildman–Crippen LogP) is 4.05. The Morgan fingerprint density at radius 2 is 1.92 bits per heavy atom. The molecular weight excluding hydrogens is 342 g/mol. The number of carbonyl (C=O) groups excluding carboxylic acids is 1. The van der Waals surface area contributed by atoms with Crippen LogP contribution >= 0.6 is 11.6 Å². The average Bonchev–Trinajstić information content (AvgIpc) is 3.09. The monoisotopic (exact) mass is 355 g/mol. The molecule has 1 N–H and O–H groups in total. The maximum atomic E-state index is 12.0. The molecule has 25 heavy (non-hydrogen) atoms. The van der Waals surface area contributed by atoms with E-state index in [9.17, 15) is 4.79 Å². The first-order valence-electron chi connectivity index (χ1n) is 7.38. The first kappa shape index (κ1) is 16.7. The molecule has 1 aromatic heterocycles. The maximum absolute atomic E-state index is 12.0. The van der Waals surface area contributed by atoms with Gasteiger partial charge in [-0.1, -0.05) is 47.0 Å². The summed E-state index contributed by atoms with van der Waals surface area (Å²) < 4.78 is 10.7. The van der Waals surface area contributed by atoms with Gasteiger partial charge in [0, 0.05) is 11.1 Å². The number of hydrogen-bond acceptors (Lipinski definition) is 5. The molecule has 126 valence electrons. The molecule has 0 aliphatic heterocycles. The van der Waals surface area contributed by atoms with Crippen molar-refractivity contribution in [2.45, 2.75) is 0 Å². The molecule has 7 heteroatoms. The van der Waals surface area contributed by atoms with Gasteiger partial charge >= 0.3 is 6.01 Å². The van der Waals surface area contributed by atoms with E-state index in [4.69, 9.17) is 20.8 Å². The SMILES string of the molecule is COc1ccccc1-c1nnc(NC(=O)/C=C/c2ccccc2Cl)o1. The average molecular weight is 356 g/mol. The molecule has 0 saturated carbocycles. The van der Waals surface area contributed by atoms with Crippen LogP contribution in [0, 0.1) is 0 Å². The highest BCUT2D eigenvalue weighted by molar-refractivity contribution is 6.32. The summed E-state index contributed by atoms with van der Waals surface area (Å²) in [5.74, 6) is 0.445. The van der Waals surface area contributed by atoms with Gasteiger partial charge in [-0.05, 0) is 29.8 Å². The molecule has 3 aromatic rings. The zero-order valence-electron chi connectivity index (χ0n) is 13.3. The van der Waals surface area contributed by atoms with Gasteiger partial charge in [0.15, 0.2) is 0 Å². The van der Waals surface area contributed by atoms with E-state index in [2.05, 4.69) is 15.5 Å². The second-order valence-electron chi connectivity index (χ2n) is 4.96. The molecule has 3 rings (SSSR count). The Morgan fingerprint density at radius 3 is 2.72 bits per heavy atom. The fraction of sp³-hybridized carbons (Fsp3) is 0.0556. The summed E-state index contributed by atoms with van der Waals surface area (Å²) in [6, 6.07) is 14.4. The van der Waals surface area contributed by atoms with E-state index in [1.165, 1.54) is 6.08 Å². The second-order valence-corrected chi connectivity index (χ2v) is 5.36. The lowest BCUT2D eigenvalue weighted by Gasteiger charge is -2.03. The van der Waals surface area contributed by atoms with Gasteiger partial charge in [-0.25, -0.2) is 0 Å². The van der Waals surface area contributed by atoms with Gasteiger partial charge < -0.3 is 9.15 Å². The van der Waals surface area contributed by atoms with E-state index in [0.29, 0.717) is 16.3 Å². The number of para-hydroxylation sites is 1. The predicted molar refractivity (Wildman–Crippen MR) is 95.4 cm³/mol. The van der Waals surface area contributed by atoms with Crippen LogP contribution in [0.25, 0.3) is 17.5 Å². The Balaban J connectivity index is 1.71. The smallest absolute Gasteiger partial charge is 0.322 e. The minimum Gasteiger partial charge on any atom is -0.496 e. The number of rotatable bonds is 5. The Kier molecular flexibility index (Phi) is 5.11. The maximum Gasteiger partial charge on any atom is 0.322 e. The molecule has 0 bridgehead atoms. The number of halogens is 1. The lowest BCUT2D eigenvalue weighted by molar-refractivity contribution is -0.112. The minimum atomic E-state index is -0.407. The van der Waals surface area contributed by atoms with E-state index in [1.807, 2.05) is 24.3 Å². The molecule has 0 aliphatic rings. The number of anilines is 1. The third-order valence-corrected chi connectivity index (χ3v) is 3.66. The number of hydrogen-bond donors (Lipinski definition) is 1. The fourth-order valence-corrected chi connectivity index (χ4v) is 2.33. The van der Waals surface area contributed by atoms with Crippen molar-refractivity contribution in [2.75, 3.05) is 12.4 Å². The van der Waals surface area contributed by atoms with Crippen molar-refractivity contribution in [3.63, 3.8) is 0 Å². The molecule has 0 fully saturated rings. The molecule has 1 amide bonds. The zero-order valence-corrected chi connectivity index (χ0v) is 14.0. The molecule has 0 radical (unpaired) electrons. The second kappa shape index (κ2) is 7.63. The standard InChI is InChI=1S/C18H14ClN3O3/c1-24-15-9-5-3-7-13(15)17-21-22-18(25-17)20-16(23)11-10-12-6-2-4-8-14(12)19/h2-11H,1H3,(H,20,22,23)/b11-10+. The molecule has 0 saturated heterocycles. The van der Waals surface area contributed by atoms with Crippen molar-refractivity contribution < 1.29 is 13.9 Å². The van der Waals surface area contributed by atoms with Crippen LogP contribution in [0.4, 0.5) is 6.01 Å². The van der Waals surface area contributed by atoms with Gasteiger partial charge in [-0.3, -0.25) is 10.1 Å². The number of benzene rings is 2. The van der Waals surface area contributed by atoms with Gasteiger partial charge in [-0.15, -0.1) is 5.10 Å². The van der Waals surface area contributed by atoms with Crippen LogP contribution in [0.1, 0.15) is 5.56 Å². The molecule has 0 atom stereocenters. The van der Waals surface area contributed by atoms with E-state index >= 15 is 0 Å². The van der Waals surface area contributed by atoms with Gasteiger partial charge in [0.2, 0.25) is 0 Å². The topological polar surface area (TPSA) is 77.3 Å². The van der Waals surface area contributed by atoms with Crippen LogP contribution in [-0.2, 0) is 4.79 Å². The highest BCUT2D eigenvalue weighted by Crippen LogP contribution is 2.29. The van der Waals surface area contributed by atoms with Crippen molar-refractivity contribution in [3.8, 4) is 17.2 Å². The first-order chi connectivity index (χ1) is 12.2. The third kappa shape index (κ3) is 4.05. The van der Waals surface area contributed by atoms with E-state index in [-0.39, 0.29) is 11.9 Å². The van der Waals surface area contributed by atoms with E-state index < -0.39 is 5.91 Å². The number of methoxy groups -OCH3 is 1. The lowest BCUT2D eigenvalue weighted by Crippen LogP contribution is -2.07. The summed E-state index contributed by atoms with van der Waals surface area (Å²) in [7, 11) is 1.55. The Hall–Kier alpha value is -3.12. The molecular formula is C18H14ClN3O3. The number of nitrogens with one attached hydrogen (secondary N) is 1. The summed E-state index contributed by atoms with van der Waals surface area (Å²) >= 11 is 6.03. The highest BCUT2D eigenvalue weighted by atomic mass is 35.5. The Morgan fingerprint density at radius 1 is 1.16 bits per heavy atom. The molecule has 0 unspecified atom stereocenters. The zero-order chi connectivity index (χ0) is 17.6. The molecule has 0 aliphatic carbocycles. The van der Waals surface area contributed by atoms with Crippen LogP contribution in [0.2, 0.25) is 5.02 Å². The number of amides is 1. The normalized spacial score (nSPS) is 10.8. The van der Waals surface area contributed by atoms with Crippen LogP contribution in [0.3, 0.4) is 0 Å². The summed E-state index contributed by atoms with van der Waals surface area (Å²) in [5, 5.41) is 10.8. The Labute approximate surface area is 149 Å². The van der Waals surface area contributed by atoms with Crippen molar-refractivity contribution in [1.29, 1.82) is 0 Å². The quantitative estimate of drug-likeness (QED) is 0.698. The number of nitrogens with zero attached hydrogens (tertiary/aromatic N) is 2. The van der Waals surface area contributed by atoms with Gasteiger partial charge in [0.05, 0.1) is 12.7 Å². The molecule has 1 heterocycles. The van der Waals surface area contributed by atoms with Crippen LogP contribution in [0.5, 0.6) is 5.75 Å². The summed E-state index contributed by atoms with van der Waals surface area (Å²) in [5.41, 5.74) is 1.38. The van der Waals surface area contributed by atoms with Crippen molar-refractivity contribution in [1.82, 2.24) is 10.2 Å². The van der Waals surface area contributed by atoms with Gasteiger partial charge in [-0.2, -0.15) is 0 Å². The van der Waals surface area contributed by atoms with Crippen molar-refractivity contribution in [3.05, 3.63) is 65.2 Å². The van der Waals surface area contributed by atoms with Crippen LogP contribution < -0.4 is 10.1 Å². The summed E-state index contributed by atoms with van der Waals surface area (Å²) in [6.07, 6.45) is 2.95. The fourth-order valence-electron chi connectivity index (χ4n) is 2.13. The van der Waals surface area contributed by atoms with Crippen molar-refractivity contribution >= 4 is 29.6 Å². The molecule has 6 nitrogen and oxygen atoms in total. The molecule has 2 aromatic carbocycles. The molecule has 0 spiro atoms.